The van der Waals surface area contributed by atoms with Gasteiger partial charge in [0, 0.05) is 5.92 Å². The zero-order chi connectivity index (χ0) is 12.0. The topological polar surface area (TPSA) is 52.6 Å². The number of carbonyl (C=O) groups excluding carboxylic acids is 2. The van der Waals surface area contributed by atoms with Crippen LogP contribution in [0.1, 0.15) is 25.7 Å². The van der Waals surface area contributed by atoms with Crippen molar-refractivity contribution in [3.63, 3.8) is 0 Å². The highest BCUT2D eigenvalue weighted by Crippen LogP contribution is 2.48. The number of hydrogen-bond donors (Lipinski definition) is 0. The van der Waals surface area contributed by atoms with Crippen LogP contribution in [-0.2, 0) is 19.1 Å². The van der Waals surface area contributed by atoms with Crippen molar-refractivity contribution in [3.8, 4) is 0 Å². The summed E-state index contributed by atoms with van der Waals surface area (Å²) in [6.45, 7) is 0. The molecule has 5 heteroatoms. The lowest BCUT2D eigenvalue weighted by molar-refractivity contribution is -0.170. The quantitative estimate of drug-likeness (QED) is 0.556. The Labute approximate surface area is 105 Å². The lowest BCUT2D eigenvalue weighted by atomic mass is 9.67. The molecule has 4 aliphatic rings. The minimum Gasteiger partial charge on any atom is -0.458 e. The number of hydrogen-bond acceptors (Lipinski definition) is 4. The van der Waals surface area contributed by atoms with Crippen LogP contribution in [-0.4, -0.2) is 30.0 Å². The number of carbonyl (C=O) groups is 2. The maximum atomic E-state index is 11.8. The lowest BCUT2D eigenvalue weighted by Gasteiger charge is -2.41. The van der Waals surface area contributed by atoms with E-state index in [1.165, 1.54) is 0 Å². The van der Waals surface area contributed by atoms with Gasteiger partial charge >= 0.3 is 11.9 Å². The molecule has 0 amide bonds. The van der Waals surface area contributed by atoms with Crippen molar-refractivity contribution < 1.29 is 19.1 Å². The highest BCUT2D eigenvalue weighted by atomic mass is 35.5. The van der Waals surface area contributed by atoms with E-state index in [1.807, 2.05) is 0 Å². The Balaban J connectivity index is 1.82. The van der Waals surface area contributed by atoms with Crippen LogP contribution < -0.4 is 0 Å². The van der Waals surface area contributed by atoms with E-state index in [1.54, 1.807) is 0 Å². The third kappa shape index (κ3) is 1.92. The standard InChI is InChI=1S/C12H15ClO4/c13-5-10(14)17-11-7-1-6-2-8(4-7)12(15)16-9(11)3-6/h6-9,11H,1-5H2/t6-,7+,8-,9+,11?/m1/s1. The molecule has 2 aliphatic heterocycles. The van der Waals surface area contributed by atoms with Gasteiger partial charge in [0.1, 0.15) is 18.1 Å². The number of esters is 2. The van der Waals surface area contributed by atoms with Crippen LogP contribution in [0.3, 0.4) is 0 Å². The van der Waals surface area contributed by atoms with Crippen LogP contribution in [0.5, 0.6) is 0 Å². The molecule has 4 nitrogen and oxygen atoms in total. The van der Waals surface area contributed by atoms with Crippen molar-refractivity contribution in [2.24, 2.45) is 17.8 Å². The van der Waals surface area contributed by atoms with E-state index in [9.17, 15) is 9.59 Å². The summed E-state index contributed by atoms with van der Waals surface area (Å²) in [5.74, 6) is 0.184. The van der Waals surface area contributed by atoms with E-state index >= 15 is 0 Å². The first-order chi connectivity index (χ1) is 8.17. The van der Waals surface area contributed by atoms with Crippen LogP contribution in [0.15, 0.2) is 0 Å². The van der Waals surface area contributed by atoms with Crippen LogP contribution >= 0.6 is 11.6 Å². The average molecular weight is 259 g/mol. The first kappa shape index (κ1) is 11.3. The van der Waals surface area contributed by atoms with Gasteiger partial charge < -0.3 is 9.47 Å². The smallest absolute Gasteiger partial charge is 0.321 e. The highest BCUT2D eigenvalue weighted by molar-refractivity contribution is 6.26. The first-order valence-corrected chi connectivity index (χ1v) is 6.66. The molecule has 1 unspecified atom stereocenters. The van der Waals surface area contributed by atoms with Crippen LogP contribution in [0.2, 0.25) is 0 Å². The molecule has 5 atom stereocenters. The van der Waals surface area contributed by atoms with E-state index in [-0.39, 0.29) is 35.9 Å². The number of rotatable bonds is 2. The summed E-state index contributed by atoms with van der Waals surface area (Å²) in [6.07, 6.45) is 3.11. The Hall–Kier alpha value is -0.770. The highest BCUT2D eigenvalue weighted by Gasteiger charge is 2.51. The molecule has 94 valence electrons. The van der Waals surface area contributed by atoms with E-state index in [0.717, 1.165) is 25.7 Å². The van der Waals surface area contributed by atoms with Gasteiger partial charge in [-0.3, -0.25) is 9.59 Å². The second-order valence-corrected chi connectivity index (χ2v) is 5.60. The van der Waals surface area contributed by atoms with Crippen molar-refractivity contribution >= 4 is 23.5 Å². The molecule has 2 saturated heterocycles. The minimum absolute atomic E-state index is 0.0171. The Morgan fingerprint density at radius 1 is 1.35 bits per heavy atom. The van der Waals surface area contributed by atoms with Crippen molar-refractivity contribution in [2.75, 3.05) is 5.88 Å². The second-order valence-electron chi connectivity index (χ2n) is 5.33. The lowest BCUT2D eigenvalue weighted by Crippen LogP contribution is -2.45. The van der Waals surface area contributed by atoms with Crippen LogP contribution in [0, 0.1) is 17.8 Å². The summed E-state index contributed by atoms with van der Waals surface area (Å²) < 4.78 is 10.8. The monoisotopic (exact) mass is 258 g/mol. The number of halogens is 1. The molecule has 4 fully saturated rings. The predicted molar refractivity (Wildman–Crippen MR) is 59.4 cm³/mol. The summed E-state index contributed by atoms with van der Waals surface area (Å²) in [5.41, 5.74) is 0. The SMILES string of the molecule is O=C(CCl)OC1[C@H]2C[C@@H]3C[C@H](C2)C(=O)O[C@H]1C3. The molecule has 0 spiro atoms. The zero-order valence-electron chi connectivity index (χ0n) is 9.43. The summed E-state index contributed by atoms with van der Waals surface area (Å²) in [4.78, 5) is 23.1. The van der Waals surface area contributed by atoms with E-state index < -0.39 is 5.97 Å². The minimum atomic E-state index is -0.416. The van der Waals surface area contributed by atoms with Gasteiger partial charge in [-0.1, -0.05) is 0 Å². The fraction of sp³-hybridized carbons (Fsp3) is 0.833. The van der Waals surface area contributed by atoms with E-state index in [4.69, 9.17) is 21.1 Å². The second kappa shape index (κ2) is 4.16. The normalized spacial score (nSPS) is 43.1. The molecule has 0 radical (unpaired) electrons. The van der Waals surface area contributed by atoms with Gasteiger partial charge in [-0.05, 0) is 31.6 Å². The molecule has 0 aromatic carbocycles. The zero-order valence-corrected chi connectivity index (χ0v) is 10.2. The van der Waals surface area contributed by atoms with Gasteiger partial charge in [-0.25, -0.2) is 0 Å². The fourth-order valence-corrected chi connectivity index (χ4v) is 3.68. The van der Waals surface area contributed by atoms with Crippen LogP contribution in [0.4, 0.5) is 0 Å². The molecular formula is C12H15ClO4. The molecular weight excluding hydrogens is 244 g/mol. The van der Waals surface area contributed by atoms with E-state index in [0.29, 0.717) is 5.92 Å². The first-order valence-electron chi connectivity index (χ1n) is 6.13. The van der Waals surface area contributed by atoms with Crippen molar-refractivity contribution in [1.29, 1.82) is 0 Å². The van der Waals surface area contributed by atoms with Gasteiger partial charge in [-0.15, -0.1) is 11.6 Å². The molecule has 4 rings (SSSR count). The molecule has 17 heavy (non-hydrogen) atoms. The summed E-state index contributed by atoms with van der Waals surface area (Å²) in [5, 5.41) is 0. The predicted octanol–water partition coefficient (Wildman–Crippen LogP) is 1.50. The summed E-state index contributed by atoms with van der Waals surface area (Å²) in [6, 6.07) is 0. The third-order valence-electron chi connectivity index (χ3n) is 4.22. The van der Waals surface area contributed by atoms with Crippen molar-refractivity contribution in [2.45, 2.75) is 37.9 Å². The largest absolute Gasteiger partial charge is 0.458 e. The molecule has 0 aromatic heterocycles. The molecule has 2 saturated carbocycles. The fourth-order valence-electron chi connectivity index (χ4n) is 3.62. The Morgan fingerprint density at radius 2 is 2.18 bits per heavy atom. The maximum Gasteiger partial charge on any atom is 0.321 e. The Morgan fingerprint density at radius 3 is 2.94 bits per heavy atom. The molecule has 4 bridgehead atoms. The van der Waals surface area contributed by atoms with Crippen molar-refractivity contribution in [1.82, 2.24) is 0 Å². The van der Waals surface area contributed by atoms with Crippen molar-refractivity contribution in [3.05, 3.63) is 0 Å². The average Bonchev–Trinajstić information content (AvgIpc) is 2.47. The van der Waals surface area contributed by atoms with Gasteiger partial charge in [0.2, 0.25) is 0 Å². The maximum absolute atomic E-state index is 11.8. The summed E-state index contributed by atoms with van der Waals surface area (Å²) in [7, 11) is 0. The van der Waals surface area contributed by atoms with Crippen LogP contribution in [0.25, 0.3) is 0 Å². The van der Waals surface area contributed by atoms with Gasteiger partial charge in [-0.2, -0.15) is 0 Å². The van der Waals surface area contributed by atoms with Gasteiger partial charge in [0.15, 0.2) is 0 Å². The molecule has 0 N–H and O–H groups in total. The molecule has 0 aromatic rings. The number of fused-ring (bicyclic) bond motifs is 1. The Bertz CT molecular complexity index is 356. The van der Waals surface area contributed by atoms with Gasteiger partial charge in [0.05, 0.1) is 5.92 Å². The van der Waals surface area contributed by atoms with E-state index in [2.05, 4.69) is 0 Å². The molecule has 2 heterocycles. The molecule has 2 aliphatic carbocycles. The number of alkyl halides is 1. The number of ether oxygens (including phenoxy) is 2. The Kier molecular flexibility index (Phi) is 2.77. The summed E-state index contributed by atoms with van der Waals surface area (Å²) >= 11 is 5.45. The third-order valence-corrected chi connectivity index (χ3v) is 4.43. The van der Waals surface area contributed by atoms with Gasteiger partial charge in [0.25, 0.3) is 0 Å².